The first kappa shape index (κ1) is 11.7. The van der Waals surface area contributed by atoms with E-state index in [0.717, 1.165) is 19.4 Å². The van der Waals surface area contributed by atoms with Crippen LogP contribution in [0.5, 0.6) is 0 Å². The molecule has 1 saturated heterocycles. The van der Waals surface area contributed by atoms with E-state index in [-0.39, 0.29) is 18.2 Å². The Bertz CT molecular complexity index is 257. The summed E-state index contributed by atoms with van der Waals surface area (Å²) in [5.41, 5.74) is 5.77. The molecule has 2 N–H and O–H groups in total. The topological polar surface area (TPSA) is 55.6 Å². The van der Waals surface area contributed by atoms with Gasteiger partial charge in [-0.3, -0.25) is 0 Å². The van der Waals surface area contributed by atoms with Crippen molar-refractivity contribution in [2.24, 2.45) is 11.7 Å². The molecule has 16 heavy (non-hydrogen) atoms. The Kier molecular flexibility index (Phi) is 3.69. The van der Waals surface area contributed by atoms with E-state index < -0.39 is 0 Å². The Hall–Kier alpha value is -0.770. The van der Waals surface area contributed by atoms with Crippen molar-refractivity contribution in [2.45, 2.75) is 51.2 Å². The molecule has 2 fully saturated rings. The van der Waals surface area contributed by atoms with Gasteiger partial charge >= 0.3 is 6.09 Å². The molecule has 0 spiro atoms. The zero-order chi connectivity index (χ0) is 11.5. The highest BCUT2D eigenvalue weighted by Gasteiger charge is 2.29. The van der Waals surface area contributed by atoms with Gasteiger partial charge in [0.15, 0.2) is 0 Å². The van der Waals surface area contributed by atoms with Crippen molar-refractivity contribution < 1.29 is 9.53 Å². The highest BCUT2D eigenvalue weighted by Crippen LogP contribution is 2.27. The van der Waals surface area contributed by atoms with E-state index in [1.807, 2.05) is 0 Å². The molecule has 0 radical (unpaired) electrons. The van der Waals surface area contributed by atoms with E-state index in [1.165, 1.54) is 19.3 Å². The molecule has 4 heteroatoms. The highest BCUT2D eigenvalue weighted by atomic mass is 16.6. The van der Waals surface area contributed by atoms with Crippen LogP contribution in [0.3, 0.4) is 0 Å². The van der Waals surface area contributed by atoms with E-state index in [2.05, 4.69) is 6.92 Å². The van der Waals surface area contributed by atoms with Gasteiger partial charge in [0.2, 0.25) is 0 Å². The lowest BCUT2D eigenvalue weighted by atomic mass is 9.88. The number of ether oxygens (including phenoxy) is 1. The van der Waals surface area contributed by atoms with Gasteiger partial charge in [0.25, 0.3) is 0 Å². The molecule has 2 rings (SSSR count). The predicted octanol–water partition coefficient (Wildman–Crippen LogP) is 1.73. The van der Waals surface area contributed by atoms with Crippen LogP contribution in [0.1, 0.15) is 39.0 Å². The second-order valence-electron chi connectivity index (χ2n) is 5.18. The summed E-state index contributed by atoms with van der Waals surface area (Å²) in [6, 6.07) is 0.135. The van der Waals surface area contributed by atoms with Gasteiger partial charge in [0, 0.05) is 19.1 Å². The Morgan fingerprint density at radius 1 is 1.31 bits per heavy atom. The fourth-order valence-electron chi connectivity index (χ4n) is 2.61. The molecule has 0 unspecified atom stereocenters. The van der Waals surface area contributed by atoms with Crippen LogP contribution >= 0.6 is 0 Å². The molecule has 1 aliphatic heterocycles. The van der Waals surface area contributed by atoms with Crippen LogP contribution in [0.25, 0.3) is 0 Å². The van der Waals surface area contributed by atoms with Crippen LogP contribution in [0, 0.1) is 5.92 Å². The number of nitrogens with two attached hydrogens (primary N) is 1. The number of hydrogen-bond acceptors (Lipinski definition) is 3. The summed E-state index contributed by atoms with van der Waals surface area (Å²) in [5.74, 6) is 0.508. The lowest BCUT2D eigenvalue weighted by Gasteiger charge is -2.30. The first-order valence-electron chi connectivity index (χ1n) is 6.38. The van der Waals surface area contributed by atoms with Crippen LogP contribution < -0.4 is 5.73 Å². The molecule has 4 nitrogen and oxygen atoms in total. The first-order valence-corrected chi connectivity index (χ1v) is 6.38. The van der Waals surface area contributed by atoms with Gasteiger partial charge in [-0.2, -0.15) is 0 Å². The standard InChI is InChI=1S/C12H22N2O2/c1-9-4-2-3-5-11(9)16-12(15)14-7-6-10(13)8-14/h9-11H,2-8,13H2,1H3/t9-,10+,11+/m0/s1. The normalized spacial score (nSPS) is 35.1. The molecule has 1 heterocycles. The first-order chi connectivity index (χ1) is 7.66. The zero-order valence-corrected chi connectivity index (χ0v) is 10.0. The lowest BCUT2D eigenvalue weighted by Crippen LogP contribution is -2.37. The predicted molar refractivity (Wildman–Crippen MR) is 62.1 cm³/mol. The van der Waals surface area contributed by atoms with Gasteiger partial charge in [-0.15, -0.1) is 0 Å². The van der Waals surface area contributed by atoms with E-state index >= 15 is 0 Å². The third kappa shape index (κ3) is 2.67. The minimum Gasteiger partial charge on any atom is -0.446 e. The quantitative estimate of drug-likeness (QED) is 0.741. The highest BCUT2D eigenvalue weighted by molar-refractivity contribution is 5.68. The zero-order valence-electron chi connectivity index (χ0n) is 10.0. The van der Waals surface area contributed by atoms with Crippen LogP contribution in [0.15, 0.2) is 0 Å². The van der Waals surface area contributed by atoms with E-state index in [9.17, 15) is 4.79 Å². The van der Waals surface area contributed by atoms with Crippen LogP contribution in [-0.4, -0.2) is 36.2 Å². The number of hydrogen-bond donors (Lipinski definition) is 1. The summed E-state index contributed by atoms with van der Waals surface area (Å²) in [5, 5.41) is 0. The Labute approximate surface area is 97.1 Å². The SMILES string of the molecule is C[C@H]1CCCC[C@H]1OC(=O)N1CC[C@@H](N)C1. The third-order valence-electron chi connectivity index (χ3n) is 3.77. The van der Waals surface area contributed by atoms with E-state index in [4.69, 9.17) is 10.5 Å². The minimum absolute atomic E-state index is 0.123. The van der Waals surface area contributed by atoms with Gasteiger partial charge in [-0.1, -0.05) is 13.3 Å². The van der Waals surface area contributed by atoms with Crippen LogP contribution in [0.4, 0.5) is 4.79 Å². The number of likely N-dealkylation sites (tertiary alicyclic amines) is 1. The summed E-state index contributed by atoms with van der Waals surface area (Å²) in [4.78, 5) is 13.6. The number of carbonyl (C=O) groups is 1. The fraction of sp³-hybridized carbons (Fsp3) is 0.917. The van der Waals surface area contributed by atoms with E-state index in [0.29, 0.717) is 12.5 Å². The van der Waals surface area contributed by atoms with E-state index in [1.54, 1.807) is 4.90 Å². The van der Waals surface area contributed by atoms with Crippen molar-refractivity contribution in [2.75, 3.05) is 13.1 Å². The van der Waals surface area contributed by atoms with Gasteiger partial charge < -0.3 is 15.4 Å². The summed E-state index contributed by atoms with van der Waals surface area (Å²) >= 11 is 0. The molecule has 1 amide bonds. The monoisotopic (exact) mass is 226 g/mol. The van der Waals surface area contributed by atoms with Crippen molar-refractivity contribution in [1.29, 1.82) is 0 Å². The second kappa shape index (κ2) is 5.04. The smallest absolute Gasteiger partial charge is 0.410 e. The summed E-state index contributed by atoms with van der Waals surface area (Å²) in [6.07, 6.45) is 5.51. The molecule has 1 saturated carbocycles. The lowest BCUT2D eigenvalue weighted by molar-refractivity contribution is 0.0238. The Morgan fingerprint density at radius 3 is 2.69 bits per heavy atom. The van der Waals surface area contributed by atoms with Crippen molar-refractivity contribution in [3.8, 4) is 0 Å². The molecule has 3 atom stereocenters. The largest absolute Gasteiger partial charge is 0.446 e. The minimum atomic E-state index is -0.160. The molecular formula is C12H22N2O2. The molecule has 0 aromatic carbocycles. The fourth-order valence-corrected chi connectivity index (χ4v) is 2.61. The molecule has 92 valence electrons. The Balaban J connectivity index is 1.82. The molecular weight excluding hydrogens is 204 g/mol. The van der Waals surface area contributed by atoms with Crippen LogP contribution in [0.2, 0.25) is 0 Å². The number of carbonyl (C=O) groups excluding carboxylic acids is 1. The Morgan fingerprint density at radius 2 is 2.06 bits per heavy atom. The summed E-state index contributed by atoms with van der Waals surface area (Å²) < 4.78 is 5.57. The van der Waals surface area contributed by atoms with Gasteiger partial charge in [-0.25, -0.2) is 4.79 Å². The van der Waals surface area contributed by atoms with Crippen molar-refractivity contribution in [1.82, 2.24) is 4.90 Å². The van der Waals surface area contributed by atoms with Crippen molar-refractivity contribution in [3.05, 3.63) is 0 Å². The number of nitrogens with zero attached hydrogens (tertiary/aromatic N) is 1. The van der Waals surface area contributed by atoms with Gasteiger partial charge in [0.1, 0.15) is 6.10 Å². The van der Waals surface area contributed by atoms with Crippen molar-refractivity contribution in [3.63, 3.8) is 0 Å². The average molecular weight is 226 g/mol. The molecule has 0 bridgehead atoms. The van der Waals surface area contributed by atoms with Crippen LogP contribution in [-0.2, 0) is 4.74 Å². The third-order valence-corrected chi connectivity index (χ3v) is 3.77. The summed E-state index contributed by atoms with van der Waals surface area (Å²) in [7, 11) is 0. The van der Waals surface area contributed by atoms with Crippen molar-refractivity contribution >= 4 is 6.09 Å². The maximum absolute atomic E-state index is 11.9. The molecule has 0 aromatic heterocycles. The average Bonchev–Trinajstić information content (AvgIpc) is 2.68. The van der Waals surface area contributed by atoms with Gasteiger partial charge in [-0.05, 0) is 31.6 Å². The second-order valence-corrected chi connectivity index (χ2v) is 5.18. The maximum Gasteiger partial charge on any atom is 0.410 e. The number of amides is 1. The molecule has 0 aromatic rings. The molecule has 1 aliphatic carbocycles. The summed E-state index contributed by atoms with van der Waals surface area (Å²) in [6.45, 7) is 3.58. The number of rotatable bonds is 1. The maximum atomic E-state index is 11.9. The molecule has 2 aliphatic rings. The van der Waals surface area contributed by atoms with Gasteiger partial charge in [0.05, 0.1) is 0 Å².